The number of piperazine rings is 1. The van der Waals surface area contributed by atoms with E-state index in [-0.39, 0.29) is 24.4 Å². The summed E-state index contributed by atoms with van der Waals surface area (Å²) in [6.45, 7) is 3.96. The van der Waals surface area contributed by atoms with Crippen LogP contribution in [0.5, 0.6) is 0 Å². The molecule has 5 nitrogen and oxygen atoms in total. The molecule has 1 aromatic carbocycles. The monoisotopic (exact) mass is 373 g/mol. The van der Waals surface area contributed by atoms with Gasteiger partial charge >= 0.3 is 0 Å². The van der Waals surface area contributed by atoms with Gasteiger partial charge in [0.1, 0.15) is 0 Å². The molecule has 142 valence electrons. The van der Waals surface area contributed by atoms with Crippen LogP contribution in [0.1, 0.15) is 17.5 Å². The largest absolute Gasteiger partial charge is 0.369 e. The molecule has 1 aliphatic heterocycles. The maximum Gasteiger partial charge on any atom is 0.170 e. The molecule has 1 aromatic heterocycles. The van der Waals surface area contributed by atoms with Crippen LogP contribution in [0.4, 0.5) is 5.69 Å². The van der Waals surface area contributed by atoms with E-state index < -0.39 is 0 Å². The first-order valence-corrected chi connectivity index (χ1v) is 9.64. The molecule has 1 fully saturated rings. The van der Waals surface area contributed by atoms with Crippen molar-refractivity contribution in [2.75, 3.05) is 31.1 Å². The predicted molar refractivity (Wildman–Crippen MR) is 110 cm³/mol. The highest BCUT2D eigenvalue weighted by Crippen LogP contribution is 2.25. The Morgan fingerprint density at radius 2 is 1.75 bits per heavy atom. The maximum atomic E-state index is 12.8. The third-order valence-electron chi connectivity index (χ3n) is 5.20. The van der Waals surface area contributed by atoms with Crippen molar-refractivity contribution < 1.29 is 9.59 Å². The fourth-order valence-electron chi connectivity index (χ4n) is 3.62. The van der Waals surface area contributed by atoms with Crippen molar-refractivity contribution in [2.45, 2.75) is 12.8 Å². The van der Waals surface area contributed by atoms with Gasteiger partial charge < -0.3 is 10.2 Å². The third kappa shape index (κ3) is 4.10. The number of benzene rings is 1. The van der Waals surface area contributed by atoms with Gasteiger partial charge in [-0.05, 0) is 47.0 Å². The summed E-state index contributed by atoms with van der Waals surface area (Å²) in [5.74, 6) is -0.236. The van der Waals surface area contributed by atoms with Crippen LogP contribution in [-0.2, 0) is 16.0 Å². The van der Waals surface area contributed by atoms with Crippen LogP contribution in [0.2, 0.25) is 0 Å². The minimum atomic E-state index is -0.125. The second-order valence-corrected chi connectivity index (χ2v) is 7.08. The summed E-state index contributed by atoms with van der Waals surface area (Å²) in [6.07, 6.45) is 7.51. The van der Waals surface area contributed by atoms with E-state index in [1.807, 2.05) is 30.3 Å². The summed E-state index contributed by atoms with van der Waals surface area (Å²) in [5.41, 5.74) is 4.26. The van der Waals surface area contributed by atoms with Crippen molar-refractivity contribution in [1.82, 2.24) is 10.3 Å². The zero-order valence-electron chi connectivity index (χ0n) is 15.7. The molecule has 2 heterocycles. The Balaban J connectivity index is 1.47. The highest BCUT2D eigenvalue weighted by atomic mass is 16.1. The number of allylic oxidation sites excluding steroid dienone is 4. The third-order valence-corrected chi connectivity index (χ3v) is 5.20. The van der Waals surface area contributed by atoms with Crippen LogP contribution in [0.15, 0.2) is 66.5 Å². The van der Waals surface area contributed by atoms with Crippen molar-refractivity contribution >= 4 is 22.8 Å². The van der Waals surface area contributed by atoms with E-state index in [0.717, 1.165) is 42.9 Å². The highest BCUT2D eigenvalue weighted by molar-refractivity contribution is 6.23. The Morgan fingerprint density at radius 1 is 1.04 bits per heavy atom. The van der Waals surface area contributed by atoms with Gasteiger partial charge in [0.2, 0.25) is 0 Å². The van der Waals surface area contributed by atoms with E-state index in [1.165, 1.54) is 5.69 Å². The average Bonchev–Trinajstić information content (AvgIpc) is 2.76. The number of aromatic nitrogens is 1. The number of nitrogens with one attached hydrogen (secondary N) is 1. The van der Waals surface area contributed by atoms with E-state index in [1.54, 1.807) is 18.5 Å². The Bertz CT molecular complexity index is 924. The van der Waals surface area contributed by atoms with Gasteiger partial charge in [-0.25, -0.2) is 0 Å². The van der Waals surface area contributed by atoms with Crippen LogP contribution in [0, 0.1) is 0 Å². The van der Waals surface area contributed by atoms with E-state index in [0.29, 0.717) is 5.57 Å². The molecular weight excluding hydrogens is 350 g/mol. The van der Waals surface area contributed by atoms with Crippen molar-refractivity contribution in [3.05, 3.63) is 77.6 Å². The summed E-state index contributed by atoms with van der Waals surface area (Å²) < 4.78 is 0. The number of hydrogen-bond donors (Lipinski definition) is 1. The molecule has 0 radical (unpaired) electrons. The summed E-state index contributed by atoms with van der Waals surface area (Å²) in [6, 6.07) is 11.9. The molecule has 1 saturated heterocycles. The van der Waals surface area contributed by atoms with Crippen LogP contribution in [0.25, 0.3) is 5.57 Å². The van der Waals surface area contributed by atoms with Crippen molar-refractivity contribution in [2.24, 2.45) is 0 Å². The van der Waals surface area contributed by atoms with E-state index in [9.17, 15) is 9.59 Å². The number of ketones is 2. The average molecular weight is 373 g/mol. The zero-order valence-corrected chi connectivity index (χ0v) is 15.7. The van der Waals surface area contributed by atoms with Gasteiger partial charge in [0.15, 0.2) is 11.6 Å². The lowest BCUT2D eigenvalue weighted by molar-refractivity contribution is -0.120. The molecule has 0 unspecified atom stereocenters. The van der Waals surface area contributed by atoms with E-state index >= 15 is 0 Å². The molecule has 0 saturated carbocycles. The molecule has 1 aliphatic carbocycles. The van der Waals surface area contributed by atoms with Gasteiger partial charge in [0, 0.05) is 57.1 Å². The summed E-state index contributed by atoms with van der Waals surface area (Å²) in [4.78, 5) is 31.5. The zero-order chi connectivity index (χ0) is 19.3. The quantitative estimate of drug-likeness (QED) is 0.817. The van der Waals surface area contributed by atoms with Gasteiger partial charge in [-0.2, -0.15) is 0 Å². The van der Waals surface area contributed by atoms with E-state index in [2.05, 4.69) is 27.3 Å². The number of pyridine rings is 1. The molecule has 2 aromatic rings. The molecule has 1 N–H and O–H groups in total. The second kappa shape index (κ2) is 8.31. The Hall–Kier alpha value is -3.05. The number of Topliss-reactive ketones (excluding diaryl/α,β-unsaturated/α-hetero) is 2. The molecule has 4 rings (SSSR count). The number of hydrogen-bond acceptors (Lipinski definition) is 5. The minimum absolute atomic E-state index is 0.111. The standard InChI is InChI=1S/C23H23N3O2/c27-22-6-3-19(18-7-9-24-10-8-18)16-21(22)23(28)15-17-1-4-20(5-2-17)26-13-11-25-12-14-26/h1-5,7-10,16,25H,6,11-15H2. The maximum absolute atomic E-state index is 12.8. The SMILES string of the molecule is O=C1CC=C(c2ccncc2)C=C1C(=O)Cc1ccc(N2CCNCC2)cc1. The minimum Gasteiger partial charge on any atom is -0.369 e. The van der Waals surface area contributed by atoms with Crippen molar-refractivity contribution in [3.63, 3.8) is 0 Å². The number of carbonyl (C=O) groups excluding carboxylic acids is 2. The molecule has 0 atom stereocenters. The van der Waals surface area contributed by atoms with Gasteiger partial charge in [-0.3, -0.25) is 14.6 Å². The van der Waals surface area contributed by atoms with Crippen molar-refractivity contribution in [1.29, 1.82) is 0 Å². The first-order valence-electron chi connectivity index (χ1n) is 9.64. The molecule has 0 bridgehead atoms. The van der Waals surface area contributed by atoms with Crippen LogP contribution >= 0.6 is 0 Å². The molecule has 2 aliphatic rings. The lowest BCUT2D eigenvalue weighted by Crippen LogP contribution is -2.43. The number of anilines is 1. The fraction of sp³-hybridized carbons (Fsp3) is 0.261. The molecule has 0 spiro atoms. The first-order chi connectivity index (χ1) is 13.7. The van der Waals surface area contributed by atoms with Gasteiger partial charge in [0.05, 0.1) is 5.57 Å². The summed E-state index contributed by atoms with van der Waals surface area (Å²) in [7, 11) is 0. The first kappa shape index (κ1) is 18.3. The molecule has 28 heavy (non-hydrogen) atoms. The number of rotatable bonds is 5. The summed E-state index contributed by atoms with van der Waals surface area (Å²) in [5, 5.41) is 3.35. The van der Waals surface area contributed by atoms with E-state index in [4.69, 9.17) is 0 Å². The van der Waals surface area contributed by atoms with Gasteiger partial charge in [-0.15, -0.1) is 0 Å². The van der Waals surface area contributed by atoms with Gasteiger partial charge in [-0.1, -0.05) is 18.2 Å². The van der Waals surface area contributed by atoms with Crippen molar-refractivity contribution in [3.8, 4) is 0 Å². The highest BCUT2D eigenvalue weighted by Gasteiger charge is 2.22. The van der Waals surface area contributed by atoms with Crippen LogP contribution in [-0.4, -0.2) is 42.7 Å². The lowest BCUT2D eigenvalue weighted by Gasteiger charge is -2.29. The lowest BCUT2D eigenvalue weighted by atomic mass is 9.90. The number of carbonyl (C=O) groups is 2. The Labute approximate surface area is 164 Å². The van der Waals surface area contributed by atoms with Crippen LogP contribution in [0.3, 0.4) is 0 Å². The Kier molecular flexibility index (Phi) is 5.44. The second-order valence-electron chi connectivity index (χ2n) is 7.08. The number of nitrogens with zero attached hydrogens (tertiary/aromatic N) is 2. The molecular formula is C23H23N3O2. The van der Waals surface area contributed by atoms with Crippen LogP contribution < -0.4 is 10.2 Å². The van der Waals surface area contributed by atoms with Gasteiger partial charge in [0.25, 0.3) is 0 Å². The fourth-order valence-corrected chi connectivity index (χ4v) is 3.62. The normalized spacial score (nSPS) is 17.1. The molecule has 5 heteroatoms. The predicted octanol–water partition coefficient (Wildman–Crippen LogP) is 2.59. The summed E-state index contributed by atoms with van der Waals surface area (Å²) >= 11 is 0. The Morgan fingerprint density at radius 3 is 2.46 bits per heavy atom. The topological polar surface area (TPSA) is 62.3 Å². The molecule has 0 amide bonds. The smallest absolute Gasteiger partial charge is 0.170 e.